The van der Waals surface area contributed by atoms with Crippen molar-refractivity contribution in [3.8, 4) is 50.2 Å². The van der Waals surface area contributed by atoms with Gasteiger partial charge in [-0.05, 0) is 75.8 Å². The quantitative estimate of drug-likeness (QED) is 0.152. The van der Waals surface area contributed by atoms with Crippen LogP contribution < -0.4 is 4.90 Å². The molecule has 0 amide bonds. The van der Waals surface area contributed by atoms with Gasteiger partial charge in [-0.15, -0.1) is 0 Å². The number of para-hydroxylation sites is 4. The molecule has 0 fully saturated rings. The van der Waals surface area contributed by atoms with E-state index in [9.17, 15) is 0 Å². The molecule has 0 unspecified atom stereocenters. The molecule has 56 heavy (non-hydrogen) atoms. The van der Waals surface area contributed by atoms with Crippen LogP contribution in [0.3, 0.4) is 0 Å². The van der Waals surface area contributed by atoms with Crippen LogP contribution in [0.15, 0.2) is 231 Å². The second kappa shape index (κ2) is 14.4. The zero-order valence-electron chi connectivity index (χ0n) is 30.8. The van der Waals surface area contributed by atoms with Crippen LogP contribution in [0.2, 0.25) is 0 Å². The SMILES string of the molecule is c1ccc(-c2ccccc2-c2ccccc2-c2ccccc2N(c2ccc3c4ccccc4n(-c4ccccc4)c3c2)c2ccccc2-c2ccccc2)cc1. The Bertz CT molecular complexity index is 2960. The summed E-state index contributed by atoms with van der Waals surface area (Å²) in [4.78, 5) is 2.46. The molecule has 2 heteroatoms. The van der Waals surface area contributed by atoms with Gasteiger partial charge in [0.2, 0.25) is 0 Å². The highest BCUT2D eigenvalue weighted by Crippen LogP contribution is 2.48. The van der Waals surface area contributed by atoms with Crippen LogP contribution in [0.4, 0.5) is 17.1 Å². The summed E-state index contributed by atoms with van der Waals surface area (Å²) in [6.07, 6.45) is 0. The third kappa shape index (κ3) is 5.85. The molecule has 0 atom stereocenters. The molecule has 0 aliphatic carbocycles. The van der Waals surface area contributed by atoms with E-state index in [-0.39, 0.29) is 0 Å². The average molecular weight is 715 g/mol. The molecule has 10 rings (SSSR count). The Morgan fingerprint density at radius 1 is 0.286 bits per heavy atom. The topological polar surface area (TPSA) is 8.17 Å². The maximum Gasteiger partial charge on any atom is 0.0561 e. The van der Waals surface area contributed by atoms with Crippen molar-refractivity contribution >= 4 is 38.9 Å². The molecule has 0 N–H and O–H groups in total. The van der Waals surface area contributed by atoms with E-state index in [0.29, 0.717) is 0 Å². The summed E-state index contributed by atoms with van der Waals surface area (Å²) in [5, 5.41) is 2.46. The van der Waals surface area contributed by atoms with Gasteiger partial charge in [0.15, 0.2) is 0 Å². The monoisotopic (exact) mass is 714 g/mol. The predicted octanol–water partition coefficient (Wildman–Crippen LogP) is 14.9. The lowest BCUT2D eigenvalue weighted by Crippen LogP contribution is -2.12. The molecule has 0 aliphatic heterocycles. The Balaban J connectivity index is 1.25. The van der Waals surface area contributed by atoms with Crippen molar-refractivity contribution < 1.29 is 0 Å². The fourth-order valence-electron chi connectivity index (χ4n) is 8.33. The zero-order valence-corrected chi connectivity index (χ0v) is 30.8. The van der Waals surface area contributed by atoms with Crippen LogP contribution in [-0.4, -0.2) is 4.57 Å². The summed E-state index contributed by atoms with van der Waals surface area (Å²) in [6.45, 7) is 0. The van der Waals surface area contributed by atoms with Crippen molar-refractivity contribution in [1.29, 1.82) is 0 Å². The molecule has 2 nitrogen and oxygen atoms in total. The van der Waals surface area contributed by atoms with E-state index >= 15 is 0 Å². The van der Waals surface area contributed by atoms with Crippen molar-refractivity contribution in [2.75, 3.05) is 4.90 Å². The number of rotatable bonds is 8. The Hall–Kier alpha value is -7.42. The summed E-state index contributed by atoms with van der Waals surface area (Å²) in [5.41, 5.74) is 16.2. The van der Waals surface area contributed by atoms with Crippen LogP contribution in [0.5, 0.6) is 0 Å². The van der Waals surface area contributed by atoms with Gasteiger partial charge in [0.25, 0.3) is 0 Å². The first-order valence-electron chi connectivity index (χ1n) is 19.2. The molecule has 10 aromatic rings. The van der Waals surface area contributed by atoms with Gasteiger partial charge in [-0.2, -0.15) is 0 Å². The maximum absolute atomic E-state index is 2.46. The van der Waals surface area contributed by atoms with E-state index in [0.717, 1.165) is 39.4 Å². The van der Waals surface area contributed by atoms with Gasteiger partial charge in [-0.25, -0.2) is 0 Å². The maximum atomic E-state index is 2.46. The number of benzene rings is 9. The standard InChI is InChI=1S/C54H38N2/c1-4-20-39(21-5-1)43-26-10-11-28-45(43)46-29-12-13-30-47(46)48-31-15-18-34-52(48)56(51-33-17-14-27-44(51)40-22-6-2-7-23-40)42-36-37-50-49-32-16-19-35-53(49)55(54(50)38-42)41-24-8-3-9-25-41/h1-38H. The van der Waals surface area contributed by atoms with Crippen LogP contribution in [0.25, 0.3) is 72.0 Å². The zero-order chi connectivity index (χ0) is 37.3. The number of hydrogen-bond donors (Lipinski definition) is 0. The lowest BCUT2D eigenvalue weighted by Gasteiger charge is -2.30. The first kappa shape index (κ1) is 33.2. The fraction of sp³-hybridized carbons (Fsp3) is 0. The first-order valence-corrected chi connectivity index (χ1v) is 19.2. The third-order valence-corrected chi connectivity index (χ3v) is 10.8. The van der Waals surface area contributed by atoms with Gasteiger partial charge in [0.05, 0.1) is 22.4 Å². The summed E-state index contributed by atoms with van der Waals surface area (Å²) >= 11 is 0. The Kier molecular flexibility index (Phi) is 8.55. The average Bonchev–Trinajstić information content (AvgIpc) is 3.61. The third-order valence-electron chi connectivity index (χ3n) is 10.8. The highest BCUT2D eigenvalue weighted by molar-refractivity contribution is 6.11. The number of fused-ring (bicyclic) bond motifs is 3. The van der Waals surface area contributed by atoms with E-state index in [1.165, 1.54) is 49.7 Å². The molecule has 9 aromatic carbocycles. The highest BCUT2D eigenvalue weighted by atomic mass is 15.1. The summed E-state index contributed by atoms with van der Waals surface area (Å²) in [7, 11) is 0. The molecule has 0 bridgehead atoms. The number of aromatic nitrogens is 1. The lowest BCUT2D eigenvalue weighted by molar-refractivity contribution is 1.18. The molecule has 0 radical (unpaired) electrons. The highest BCUT2D eigenvalue weighted by Gasteiger charge is 2.23. The molecule has 264 valence electrons. The number of hydrogen-bond acceptors (Lipinski definition) is 1. The van der Waals surface area contributed by atoms with E-state index < -0.39 is 0 Å². The predicted molar refractivity (Wildman–Crippen MR) is 237 cm³/mol. The Labute approximate surface area is 327 Å². The second-order valence-corrected chi connectivity index (χ2v) is 14.1. The summed E-state index contributed by atoms with van der Waals surface area (Å²) in [5.74, 6) is 0. The van der Waals surface area contributed by atoms with Crippen molar-refractivity contribution in [3.05, 3.63) is 231 Å². The molecular weight excluding hydrogens is 677 g/mol. The molecule has 1 heterocycles. The molecule has 0 aliphatic rings. The minimum Gasteiger partial charge on any atom is -0.309 e. The van der Waals surface area contributed by atoms with Crippen LogP contribution >= 0.6 is 0 Å². The largest absolute Gasteiger partial charge is 0.309 e. The lowest BCUT2D eigenvalue weighted by atomic mass is 9.88. The van der Waals surface area contributed by atoms with Crippen molar-refractivity contribution in [2.24, 2.45) is 0 Å². The van der Waals surface area contributed by atoms with Gasteiger partial charge in [-0.1, -0.05) is 188 Å². The van der Waals surface area contributed by atoms with Gasteiger partial charge in [0, 0.05) is 33.3 Å². The first-order chi connectivity index (χ1) is 27.8. The normalized spacial score (nSPS) is 11.2. The summed E-state index contributed by atoms with van der Waals surface area (Å²) in [6, 6.07) is 83.1. The van der Waals surface area contributed by atoms with Gasteiger partial charge >= 0.3 is 0 Å². The van der Waals surface area contributed by atoms with Crippen molar-refractivity contribution in [1.82, 2.24) is 4.57 Å². The molecule has 1 aromatic heterocycles. The number of anilines is 3. The molecule has 0 spiro atoms. The van der Waals surface area contributed by atoms with Crippen molar-refractivity contribution in [3.63, 3.8) is 0 Å². The van der Waals surface area contributed by atoms with E-state index in [2.05, 4.69) is 240 Å². The van der Waals surface area contributed by atoms with Gasteiger partial charge < -0.3 is 9.47 Å². The fourth-order valence-corrected chi connectivity index (χ4v) is 8.33. The van der Waals surface area contributed by atoms with Crippen molar-refractivity contribution in [2.45, 2.75) is 0 Å². The van der Waals surface area contributed by atoms with Crippen LogP contribution in [-0.2, 0) is 0 Å². The van der Waals surface area contributed by atoms with Gasteiger partial charge in [0.1, 0.15) is 0 Å². The summed E-state index contributed by atoms with van der Waals surface area (Å²) < 4.78 is 2.40. The smallest absolute Gasteiger partial charge is 0.0561 e. The van der Waals surface area contributed by atoms with E-state index in [1.54, 1.807) is 0 Å². The minimum absolute atomic E-state index is 1.08. The van der Waals surface area contributed by atoms with Gasteiger partial charge in [-0.3, -0.25) is 0 Å². The minimum atomic E-state index is 1.08. The van der Waals surface area contributed by atoms with Crippen LogP contribution in [0.1, 0.15) is 0 Å². The van der Waals surface area contributed by atoms with Crippen LogP contribution in [0, 0.1) is 0 Å². The van der Waals surface area contributed by atoms with E-state index in [1.807, 2.05) is 0 Å². The molecular formula is C54H38N2. The molecule has 0 saturated heterocycles. The number of nitrogens with zero attached hydrogens (tertiary/aromatic N) is 2. The van der Waals surface area contributed by atoms with E-state index in [4.69, 9.17) is 0 Å². The second-order valence-electron chi connectivity index (χ2n) is 14.1. The molecule has 0 saturated carbocycles. The Morgan fingerprint density at radius 2 is 0.714 bits per heavy atom. The Morgan fingerprint density at radius 3 is 1.38 bits per heavy atom.